The van der Waals surface area contributed by atoms with Crippen molar-refractivity contribution in [1.29, 1.82) is 0 Å². The Kier molecular flexibility index (Phi) is 8.47. The number of anilines is 1. The van der Waals surface area contributed by atoms with Crippen LogP contribution in [0.3, 0.4) is 0 Å². The molecule has 2 spiro atoms. The molecule has 3 saturated heterocycles. The molecule has 5 atom stereocenters. The maximum atomic E-state index is 13.6. The van der Waals surface area contributed by atoms with E-state index in [9.17, 15) is 4.79 Å². The molecule has 1 amide bonds. The Balaban J connectivity index is 1.11. The lowest BCUT2D eigenvalue weighted by molar-refractivity contribution is -0.246. The van der Waals surface area contributed by atoms with E-state index in [-0.39, 0.29) is 5.91 Å². The predicted molar refractivity (Wildman–Crippen MR) is 145 cm³/mol. The molecule has 3 aliphatic heterocycles. The van der Waals surface area contributed by atoms with E-state index in [0.29, 0.717) is 12.3 Å². The number of carbonyl (C=O) groups excluding carboxylic acids is 1. The lowest BCUT2D eigenvalue weighted by atomic mass is 9.94. The smallest absolute Gasteiger partial charge is 0.256 e. The van der Waals surface area contributed by atoms with Gasteiger partial charge in [-0.25, -0.2) is 0 Å². The standard InChI is InChI=1S/C31H45NO7/c1-2-3-4-5-12-21-34-23-15-13-22(14-16-23)32-28(33)26-24-25(37-30(36-24)17-8-6-9-18-30)27-29(35-26)39-31(38-27)19-10-7-11-20-31/h13-16,24-27,29H,2-12,17-21H2,1H3,(H,32,33)/t24-,25+,26+,27+,29+/m0/s1. The number of amides is 1. The van der Waals surface area contributed by atoms with Gasteiger partial charge in [0.1, 0.15) is 24.1 Å². The van der Waals surface area contributed by atoms with Crippen LogP contribution in [0.25, 0.3) is 0 Å². The highest BCUT2D eigenvalue weighted by Gasteiger charge is 2.65. The second kappa shape index (κ2) is 12.0. The summed E-state index contributed by atoms with van der Waals surface area (Å²) in [4.78, 5) is 13.6. The largest absolute Gasteiger partial charge is 0.494 e. The fraction of sp³-hybridized carbons (Fsp3) is 0.774. The Morgan fingerprint density at radius 1 is 0.795 bits per heavy atom. The number of fused-ring (bicyclic) bond motifs is 3. The summed E-state index contributed by atoms with van der Waals surface area (Å²) in [6.07, 6.45) is 13.2. The Bertz CT molecular complexity index is 956. The minimum absolute atomic E-state index is 0.252. The van der Waals surface area contributed by atoms with Crippen molar-refractivity contribution in [2.24, 2.45) is 0 Å². The van der Waals surface area contributed by atoms with Crippen molar-refractivity contribution in [2.45, 2.75) is 146 Å². The van der Waals surface area contributed by atoms with Gasteiger partial charge in [-0.15, -0.1) is 0 Å². The SMILES string of the molecule is CCCCCCCOc1ccc(NC(=O)[C@@H]2O[C@@H]3OC4(CCCCC4)O[C@@H]3[C@@H]3OC4(CCCCC4)O[C@@H]32)cc1. The predicted octanol–water partition coefficient (Wildman–Crippen LogP) is 6.22. The van der Waals surface area contributed by atoms with Crippen LogP contribution in [0.1, 0.15) is 103 Å². The van der Waals surface area contributed by atoms with Gasteiger partial charge in [0.15, 0.2) is 24.0 Å². The van der Waals surface area contributed by atoms with Gasteiger partial charge in [0, 0.05) is 31.4 Å². The maximum absolute atomic E-state index is 13.6. The zero-order valence-corrected chi connectivity index (χ0v) is 23.4. The van der Waals surface area contributed by atoms with Gasteiger partial charge in [0.05, 0.1) is 6.61 Å². The molecule has 2 saturated carbocycles. The number of benzene rings is 1. The first-order valence-corrected chi connectivity index (χ1v) is 15.5. The average Bonchev–Trinajstić information content (AvgIpc) is 3.49. The highest BCUT2D eigenvalue weighted by atomic mass is 16.9. The van der Waals surface area contributed by atoms with Crippen molar-refractivity contribution >= 4 is 11.6 Å². The molecule has 1 aromatic rings. The zero-order valence-electron chi connectivity index (χ0n) is 23.4. The van der Waals surface area contributed by atoms with Gasteiger partial charge in [-0.2, -0.15) is 0 Å². The molecule has 39 heavy (non-hydrogen) atoms. The van der Waals surface area contributed by atoms with E-state index in [1.54, 1.807) is 0 Å². The van der Waals surface area contributed by atoms with Gasteiger partial charge in [0.2, 0.25) is 0 Å². The van der Waals surface area contributed by atoms with Gasteiger partial charge in [-0.3, -0.25) is 4.79 Å². The Labute approximate surface area is 232 Å². The molecule has 0 bridgehead atoms. The first-order chi connectivity index (χ1) is 19.1. The van der Waals surface area contributed by atoms with Crippen LogP contribution in [-0.2, 0) is 28.5 Å². The summed E-state index contributed by atoms with van der Waals surface area (Å²) in [6, 6.07) is 7.53. The normalized spacial score (nSPS) is 32.6. The van der Waals surface area contributed by atoms with Crippen LogP contribution in [0, 0.1) is 0 Å². The van der Waals surface area contributed by atoms with E-state index in [0.717, 1.165) is 63.5 Å². The summed E-state index contributed by atoms with van der Waals surface area (Å²) in [5, 5.41) is 3.03. The van der Waals surface area contributed by atoms with Crippen LogP contribution in [0.15, 0.2) is 24.3 Å². The molecule has 1 N–H and O–H groups in total. The molecule has 5 fully saturated rings. The summed E-state index contributed by atoms with van der Waals surface area (Å²) in [6.45, 7) is 2.93. The van der Waals surface area contributed by atoms with Gasteiger partial charge in [-0.1, -0.05) is 45.4 Å². The lowest BCUT2D eigenvalue weighted by Gasteiger charge is -2.36. The topological polar surface area (TPSA) is 84.5 Å². The third kappa shape index (κ3) is 6.01. The Morgan fingerprint density at radius 3 is 2.10 bits per heavy atom. The van der Waals surface area contributed by atoms with E-state index in [1.807, 2.05) is 24.3 Å². The number of hydrogen-bond donors (Lipinski definition) is 1. The lowest BCUT2D eigenvalue weighted by Crippen LogP contribution is -2.58. The van der Waals surface area contributed by atoms with Crippen LogP contribution in [0.5, 0.6) is 5.75 Å². The molecular weight excluding hydrogens is 498 g/mol. The van der Waals surface area contributed by atoms with E-state index in [2.05, 4.69) is 12.2 Å². The molecule has 2 aliphatic carbocycles. The van der Waals surface area contributed by atoms with Crippen molar-refractivity contribution in [3.05, 3.63) is 24.3 Å². The molecule has 5 aliphatic rings. The number of rotatable bonds is 9. The van der Waals surface area contributed by atoms with Crippen LogP contribution >= 0.6 is 0 Å². The summed E-state index contributed by atoms with van der Waals surface area (Å²) in [5.41, 5.74) is 0.691. The highest BCUT2D eigenvalue weighted by Crippen LogP contribution is 2.51. The van der Waals surface area contributed by atoms with Crippen molar-refractivity contribution in [3.8, 4) is 5.75 Å². The van der Waals surface area contributed by atoms with Crippen LogP contribution in [0.4, 0.5) is 5.69 Å². The van der Waals surface area contributed by atoms with Gasteiger partial charge >= 0.3 is 0 Å². The number of hydrogen-bond acceptors (Lipinski definition) is 7. The minimum atomic E-state index is -0.848. The monoisotopic (exact) mass is 543 g/mol. The number of nitrogens with one attached hydrogen (secondary N) is 1. The van der Waals surface area contributed by atoms with E-state index in [4.69, 9.17) is 28.4 Å². The fourth-order valence-corrected chi connectivity index (χ4v) is 6.91. The molecule has 0 unspecified atom stereocenters. The highest BCUT2D eigenvalue weighted by molar-refractivity contribution is 5.94. The van der Waals surface area contributed by atoms with Gasteiger partial charge in [-0.05, 0) is 56.4 Å². The first kappa shape index (κ1) is 27.5. The van der Waals surface area contributed by atoms with Crippen LogP contribution in [-0.4, -0.2) is 54.8 Å². The molecule has 8 heteroatoms. The van der Waals surface area contributed by atoms with Gasteiger partial charge < -0.3 is 33.7 Å². The molecule has 3 heterocycles. The van der Waals surface area contributed by atoms with Crippen molar-refractivity contribution in [3.63, 3.8) is 0 Å². The minimum Gasteiger partial charge on any atom is -0.494 e. The molecule has 8 nitrogen and oxygen atoms in total. The van der Waals surface area contributed by atoms with Crippen LogP contribution in [0.2, 0.25) is 0 Å². The molecule has 1 aromatic carbocycles. The second-order valence-electron chi connectivity index (χ2n) is 12.0. The zero-order chi connectivity index (χ0) is 26.7. The number of carbonyl (C=O) groups is 1. The van der Waals surface area contributed by atoms with E-state index < -0.39 is 42.3 Å². The number of ether oxygens (including phenoxy) is 6. The Morgan fingerprint density at radius 2 is 1.41 bits per heavy atom. The van der Waals surface area contributed by atoms with Crippen LogP contribution < -0.4 is 10.1 Å². The molecule has 0 radical (unpaired) electrons. The average molecular weight is 544 g/mol. The third-order valence-electron chi connectivity index (χ3n) is 9.01. The fourth-order valence-electron chi connectivity index (χ4n) is 6.91. The molecule has 0 aromatic heterocycles. The summed E-state index contributed by atoms with van der Waals surface area (Å²) < 4.78 is 38.4. The second-order valence-corrected chi connectivity index (χ2v) is 12.0. The number of unbranched alkanes of at least 4 members (excludes halogenated alkanes) is 4. The third-order valence-corrected chi connectivity index (χ3v) is 9.01. The van der Waals surface area contributed by atoms with Crippen molar-refractivity contribution in [1.82, 2.24) is 0 Å². The summed E-state index contributed by atoms with van der Waals surface area (Å²) >= 11 is 0. The van der Waals surface area contributed by atoms with Gasteiger partial charge in [0.25, 0.3) is 5.91 Å². The first-order valence-electron chi connectivity index (χ1n) is 15.5. The summed E-state index contributed by atoms with van der Waals surface area (Å²) in [7, 11) is 0. The molecule has 6 rings (SSSR count). The van der Waals surface area contributed by atoms with E-state index in [1.165, 1.54) is 38.5 Å². The maximum Gasteiger partial charge on any atom is 0.256 e. The summed E-state index contributed by atoms with van der Waals surface area (Å²) in [5.74, 6) is -0.744. The molecule has 216 valence electrons. The van der Waals surface area contributed by atoms with Crippen molar-refractivity contribution < 1.29 is 33.2 Å². The Hall–Kier alpha value is -1.71. The molecular formula is C31H45NO7. The van der Waals surface area contributed by atoms with E-state index >= 15 is 0 Å². The quantitative estimate of drug-likeness (QED) is 0.370. The van der Waals surface area contributed by atoms with Crippen molar-refractivity contribution in [2.75, 3.05) is 11.9 Å².